The maximum atomic E-state index is 12.2. The Morgan fingerprint density at radius 2 is 1.65 bits per heavy atom. The fraction of sp³-hybridized carbons (Fsp3) is 0.125. The van der Waals surface area contributed by atoms with Crippen molar-refractivity contribution in [1.29, 1.82) is 0 Å². The minimum Gasteiger partial charge on any atom is -0.478 e. The second kappa shape index (κ2) is 5.57. The fourth-order valence-corrected chi connectivity index (χ4v) is 1.89. The Bertz CT molecular complexity index is 660. The van der Waals surface area contributed by atoms with Gasteiger partial charge in [-0.2, -0.15) is 0 Å². The smallest absolute Gasteiger partial charge is 0.335 e. The number of amides is 1. The average Bonchev–Trinajstić information content (AvgIpc) is 2.42. The van der Waals surface area contributed by atoms with Gasteiger partial charge in [-0.1, -0.05) is 12.1 Å². The largest absolute Gasteiger partial charge is 0.478 e. The van der Waals surface area contributed by atoms with Gasteiger partial charge in [0.2, 0.25) is 0 Å². The maximum absolute atomic E-state index is 12.2. The van der Waals surface area contributed by atoms with Crippen LogP contribution in [0.3, 0.4) is 0 Å². The van der Waals surface area contributed by atoms with E-state index in [1.54, 1.807) is 18.2 Å². The van der Waals surface area contributed by atoms with E-state index < -0.39 is 5.97 Å². The molecule has 20 heavy (non-hydrogen) atoms. The van der Waals surface area contributed by atoms with Crippen molar-refractivity contribution in [3.8, 4) is 0 Å². The van der Waals surface area contributed by atoms with Crippen molar-refractivity contribution in [2.75, 3.05) is 5.32 Å². The first-order chi connectivity index (χ1) is 9.49. The Hall–Kier alpha value is -2.62. The summed E-state index contributed by atoms with van der Waals surface area (Å²) >= 11 is 0. The molecule has 0 atom stereocenters. The number of carboxylic acid groups (broad SMARTS) is 1. The molecule has 2 aromatic carbocycles. The Balaban J connectivity index is 2.19. The van der Waals surface area contributed by atoms with Crippen LogP contribution in [0.2, 0.25) is 0 Å². The van der Waals surface area contributed by atoms with E-state index in [1.807, 2.05) is 26.0 Å². The molecule has 0 saturated heterocycles. The van der Waals surface area contributed by atoms with E-state index in [1.165, 1.54) is 12.1 Å². The number of hydrogen-bond donors (Lipinski definition) is 2. The third-order valence-corrected chi connectivity index (χ3v) is 3.24. The van der Waals surface area contributed by atoms with E-state index in [-0.39, 0.29) is 11.5 Å². The van der Waals surface area contributed by atoms with Crippen LogP contribution in [0.25, 0.3) is 0 Å². The highest BCUT2D eigenvalue weighted by molar-refractivity contribution is 6.05. The predicted molar refractivity (Wildman–Crippen MR) is 77.3 cm³/mol. The number of nitrogens with one attached hydrogen (secondary N) is 1. The summed E-state index contributed by atoms with van der Waals surface area (Å²) in [7, 11) is 0. The van der Waals surface area contributed by atoms with Crippen LogP contribution in [0, 0.1) is 13.8 Å². The van der Waals surface area contributed by atoms with Crippen LogP contribution in [0.4, 0.5) is 5.69 Å². The lowest BCUT2D eigenvalue weighted by Crippen LogP contribution is -2.14. The predicted octanol–water partition coefficient (Wildman–Crippen LogP) is 3.25. The zero-order chi connectivity index (χ0) is 14.7. The molecule has 0 spiro atoms. The molecule has 4 heteroatoms. The summed E-state index contributed by atoms with van der Waals surface area (Å²) in [5.74, 6) is -1.19. The highest BCUT2D eigenvalue weighted by Gasteiger charge is 2.10. The van der Waals surface area contributed by atoms with Crippen molar-refractivity contribution in [2.45, 2.75) is 13.8 Å². The number of benzene rings is 2. The van der Waals surface area contributed by atoms with Gasteiger partial charge < -0.3 is 10.4 Å². The zero-order valence-electron chi connectivity index (χ0n) is 11.3. The number of carbonyl (C=O) groups excluding carboxylic acids is 1. The lowest BCUT2D eigenvalue weighted by molar-refractivity contribution is 0.0696. The van der Waals surface area contributed by atoms with Crippen LogP contribution < -0.4 is 5.32 Å². The molecule has 0 aliphatic rings. The lowest BCUT2D eigenvalue weighted by atomic mass is 10.0. The number of carbonyl (C=O) groups is 2. The number of anilines is 1. The molecule has 4 nitrogen and oxygen atoms in total. The lowest BCUT2D eigenvalue weighted by Gasteiger charge is -2.09. The van der Waals surface area contributed by atoms with Gasteiger partial charge in [0.15, 0.2) is 0 Å². The molecule has 102 valence electrons. The number of aryl methyl sites for hydroxylation is 1. The summed E-state index contributed by atoms with van der Waals surface area (Å²) in [4.78, 5) is 22.9. The molecule has 0 aliphatic heterocycles. The van der Waals surface area contributed by atoms with Crippen LogP contribution in [-0.2, 0) is 0 Å². The number of aromatic carboxylic acids is 1. The second-order valence-electron chi connectivity index (χ2n) is 4.58. The summed E-state index contributed by atoms with van der Waals surface area (Å²) in [6, 6.07) is 11.6. The molecule has 0 heterocycles. The van der Waals surface area contributed by atoms with Crippen molar-refractivity contribution in [1.82, 2.24) is 0 Å². The molecule has 0 bridgehead atoms. The Kier molecular flexibility index (Phi) is 3.84. The van der Waals surface area contributed by atoms with E-state index in [4.69, 9.17) is 5.11 Å². The van der Waals surface area contributed by atoms with E-state index >= 15 is 0 Å². The molecule has 2 N–H and O–H groups in total. The van der Waals surface area contributed by atoms with Crippen molar-refractivity contribution in [3.05, 3.63) is 64.7 Å². The summed E-state index contributed by atoms with van der Waals surface area (Å²) in [6.07, 6.45) is 0. The average molecular weight is 269 g/mol. The number of hydrogen-bond acceptors (Lipinski definition) is 2. The van der Waals surface area contributed by atoms with Gasteiger partial charge in [0.1, 0.15) is 0 Å². The molecular formula is C16H15NO3. The first kappa shape index (κ1) is 13.8. The molecule has 0 unspecified atom stereocenters. The van der Waals surface area contributed by atoms with Crippen LogP contribution in [0.15, 0.2) is 42.5 Å². The first-order valence-electron chi connectivity index (χ1n) is 6.20. The normalized spacial score (nSPS) is 10.1. The van der Waals surface area contributed by atoms with Crippen LogP contribution in [-0.4, -0.2) is 17.0 Å². The van der Waals surface area contributed by atoms with E-state index in [2.05, 4.69) is 5.32 Å². The minimum atomic E-state index is -0.989. The Labute approximate surface area is 117 Å². The van der Waals surface area contributed by atoms with E-state index in [9.17, 15) is 9.59 Å². The molecule has 1 amide bonds. The first-order valence-corrected chi connectivity index (χ1v) is 6.20. The molecule has 2 rings (SSSR count). The SMILES string of the molecule is Cc1cccc(C(=O)Nc2ccc(C(=O)O)cc2)c1C. The highest BCUT2D eigenvalue weighted by atomic mass is 16.4. The Morgan fingerprint density at radius 1 is 1.00 bits per heavy atom. The monoisotopic (exact) mass is 269 g/mol. The number of rotatable bonds is 3. The number of carboxylic acids is 1. The topological polar surface area (TPSA) is 66.4 Å². The van der Waals surface area contributed by atoms with Gasteiger partial charge in [-0.05, 0) is 55.3 Å². The highest BCUT2D eigenvalue weighted by Crippen LogP contribution is 2.16. The van der Waals surface area contributed by atoms with Gasteiger partial charge in [0, 0.05) is 11.3 Å². The third kappa shape index (κ3) is 2.85. The maximum Gasteiger partial charge on any atom is 0.335 e. The van der Waals surface area contributed by atoms with Crippen molar-refractivity contribution < 1.29 is 14.7 Å². The quantitative estimate of drug-likeness (QED) is 0.898. The van der Waals surface area contributed by atoms with Gasteiger partial charge >= 0.3 is 5.97 Å². The molecule has 0 aliphatic carbocycles. The van der Waals surface area contributed by atoms with Crippen LogP contribution >= 0.6 is 0 Å². The third-order valence-electron chi connectivity index (χ3n) is 3.24. The fourth-order valence-electron chi connectivity index (χ4n) is 1.89. The molecule has 0 radical (unpaired) electrons. The van der Waals surface area contributed by atoms with Gasteiger partial charge in [-0.15, -0.1) is 0 Å². The van der Waals surface area contributed by atoms with Gasteiger partial charge in [-0.25, -0.2) is 4.79 Å². The molecular weight excluding hydrogens is 254 g/mol. The van der Waals surface area contributed by atoms with Crippen molar-refractivity contribution >= 4 is 17.6 Å². The van der Waals surface area contributed by atoms with E-state index in [0.717, 1.165) is 11.1 Å². The van der Waals surface area contributed by atoms with Gasteiger partial charge in [-0.3, -0.25) is 4.79 Å². The summed E-state index contributed by atoms with van der Waals surface area (Å²) in [6.45, 7) is 3.85. The minimum absolute atomic E-state index is 0.190. The standard InChI is InChI=1S/C16H15NO3/c1-10-4-3-5-14(11(10)2)15(18)17-13-8-6-12(7-9-13)16(19)20/h3-9H,1-2H3,(H,17,18)(H,19,20). The Morgan fingerprint density at radius 3 is 2.25 bits per heavy atom. The summed E-state index contributed by atoms with van der Waals surface area (Å²) in [5, 5.41) is 11.6. The zero-order valence-corrected chi connectivity index (χ0v) is 11.3. The molecule has 2 aromatic rings. The summed E-state index contributed by atoms with van der Waals surface area (Å²) in [5.41, 5.74) is 3.37. The van der Waals surface area contributed by atoms with E-state index in [0.29, 0.717) is 11.3 Å². The van der Waals surface area contributed by atoms with Crippen LogP contribution in [0.5, 0.6) is 0 Å². The van der Waals surface area contributed by atoms with Gasteiger partial charge in [0.05, 0.1) is 5.56 Å². The molecule has 0 saturated carbocycles. The summed E-state index contributed by atoms with van der Waals surface area (Å²) < 4.78 is 0. The second-order valence-corrected chi connectivity index (χ2v) is 4.58. The van der Waals surface area contributed by atoms with Crippen LogP contribution in [0.1, 0.15) is 31.8 Å². The van der Waals surface area contributed by atoms with Crippen molar-refractivity contribution in [2.24, 2.45) is 0 Å². The van der Waals surface area contributed by atoms with Gasteiger partial charge in [0.25, 0.3) is 5.91 Å². The molecule has 0 aromatic heterocycles. The van der Waals surface area contributed by atoms with Crippen molar-refractivity contribution in [3.63, 3.8) is 0 Å². The molecule has 0 fully saturated rings.